The molecule has 1 aromatic carbocycles. The average molecular weight is 304 g/mol. The van der Waals surface area contributed by atoms with Crippen molar-refractivity contribution in [2.45, 2.75) is 27.2 Å². The summed E-state index contributed by atoms with van der Waals surface area (Å²) in [6.45, 7) is 6.82. The second-order valence-corrected chi connectivity index (χ2v) is 7.38. The van der Waals surface area contributed by atoms with Crippen molar-refractivity contribution in [1.82, 2.24) is 4.90 Å². The van der Waals surface area contributed by atoms with Crippen molar-refractivity contribution in [2.24, 2.45) is 22.5 Å². The van der Waals surface area contributed by atoms with E-state index in [1.165, 1.54) is 12.1 Å². The SMILES string of the molecule is Cc1ccc(F)cc1C(=O)N1C[C@@H]2C(C)(C)C[C@]2(C(N)=O)C1. The minimum atomic E-state index is -0.611. The first-order chi connectivity index (χ1) is 10.2. The number of rotatable bonds is 2. The van der Waals surface area contributed by atoms with Crippen molar-refractivity contribution in [3.63, 3.8) is 0 Å². The lowest BCUT2D eigenvalue weighted by atomic mass is 9.48. The predicted molar refractivity (Wildman–Crippen MR) is 80.6 cm³/mol. The molecule has 0 radical (unpaired) electrons. The van der Waals surface area contributed by atoms with E-state index < -0.39 is 11.2 Å². The van der Waals surface area contributed by atoms with Gasteiger partial charge in [-0.25, -0.2) is 4.39 Å². The third kappa shape index (κ3) is 1.95. The van der Waals surface area contributed by atoms with E-state index in [1.807, 2.05) is 0 Å². The maximum Gasteiger partial charge on any atom is 0.254 e. The molecule has 4 nitrogen and oxygen atoms in total. The number of primary amides is 1. The van der Waals surface area contributed by atoms with Gasteiger partial charge < -0.3 is 10.6 Å². The third-order valence-corrected chi connectivity index (χ3v) is 5.47. The van der Waals surface area contributed by atoms with Gasteiger partial charge in [0.2, 0.25) is 5.91 Å². The summed E-state index contributed by atoms with van der Waals surface area (Å²) in [5, 5.41) is 0. The quantitative estimate of drug-likeness (QED) is 0.909. The summed E-state index contributed by atoms with van der Waals surface area (Å²) in [5.74, 6) is -0.901. The number of nitrogens with zero attached hydrogens (tertiary/aromatic N) is 1. The van der Waals surface area contributed by atoms with E-state index in [-0.39, 0.29) is 23.1 Å². The van der Waals surface area contributed by atoms with Crippen molar-refractivity contribution in [3.8, 4) is 0 Å². The normalized spacial score (nSPS) is 28.9. The first-order valence-corrected chi connectivity index (χ1v) is 7.53. The van der Waals surface area contributed by atoms with Crippen LogP contribution >= 0.6 is 0 Å². The van der Waals surface area contributed by atoms with E-state index >= 15 is 0 Å². The molecule has 1 aromatic rings. The average Bonchev–Trinajstić information content (AvgIpc) is 2.77. The highest BCUT2D eigenvalue weighted by atomic mass is 19.1. The zero-order valence-electron chi connectivity index (χ0n) is 13.1. The molecule has 118 valence electrons. The molecule has 0 spiro atoms. The first-order valence-electron chi connectivity index (χ1n) is 7.53. The molecule has 22 heavy (non-hydrogen) atoms. The van der Waals surface area contributed by atoms with Gasteiger partial charge in [0.05, 0.1) is 5.41 Å². The Kier molecular flexibility index (Phi) is 3.10. The summed E-state index contributed by atoms with van der Waals surface area (Å²) in [6.07, 6.45) is 0.700. The van der Waals surface area contributed by atoms with Gasteiger partial charge in [-0.2, -0.15) is 0 Å². The molecule has 2 amide bonds. The van der Waals surface area contributed by atoms with E-state index in [0.29, 0.717) is 25.1 Å². The molecular formula is C17H21FN2O2. The number of carbonyl (C=O) groups is 2. The molecule has 0 unspecified atom stereocenters. The minimum absolute atomic E-state index is 0.00103. The monoisotopic (exact) mass is 304 g/mol. The van der Waals surface area contributed by atoms with Crippen molar-refractivity contribution < 1.29 is 14.0 Å². The molecule has 1 saturated carbocycles. The molecule has 2 aliphatic rings. The summed E-state index contributed by atoms with van der Waals surface area (Å²) in [7, 11) is 0. The zero-order valence-corrected chi connectivity index (χ0v) is 13.1. The molecular weight excluding hydrogens is 283 g/mol. The number of carbonyl (C=O) groups excluding carboxylic acids is 2. The van der Waals surface area contributed by atoms with Crippen molar-refractivity contribution in [3.05, 3.63) is 35.1 Å². The fourth-order valence-electron chi connectivity index (χ4n) is 4.38. The Balaban J connectivity index is 1.90. The van der Waals surface area contributed by atoms with E-state index in [1.54, 1.807) is 17.9 Å². The van der Waals surface area contributed by atoms with Gasteiger partial charge in [-0.1, -0.05) is 19.9 Å². The van der Waals surface area contributed by atoms with Gasteiger partial charge in [-0.05, 0) is 42.4 Å². The number of likely N-dealkylation sites (tertiary alicyclic amines) is 1. The van der Waals surface area contributed by atoms with Crippen LogP contribution in [0.5, 0.6) is 0 Å². The Labute approximate surface area is 129 Å². The molecule has 1 aliphatic heterocycles. The number of fused-ring (bicyclic) bond motifs is 1. The number of hydrogen-bond acceptors (Lipinski definition) is 2. The van der Waals surface area contributed by atoms with Gasteiger partial charge in [0, 0.05) is 18.7 Å². The maximum absolute atomic E-state index is 13.4. The Morgan fingerprint density at radius 3 is 2.59 bits per heavy atom. The topological polar surface area (TPSA) is 63.4 Å². The second kappa shape index (κ2) is 4.54. The van der Waals surface area contributed by atoms with E-state index in [9.17, 15) is 14.0 Å². The molecule has 1 heterocycles. The fraction of sp³-hybridized carbons (Fsp3) is 0.529. The van der Waals surface area contributed by atoms with Crippen LogP contribution in [0.4, 0.5) is 4.39 Å². The molecule has 2 fully saturated rings. The van der Waals surface area contributed by atoms with E-state index in [4.69, 9.17) is 5.73 Å². The van der Waals surface area contributed by atoms with Gasteiger partial charge in [0.1, 0.15) is 5.82 Å². The van der Waals surface area contributed by atoms with Crippen LogP contribution in [0.25, 0.3) is 0 Å². The molecule has 1 aliphatic carbocycles. The van der Waals surface area contributed by atoms with Crippen LogP contribution in [0, 0.1) is 29.5 Å². The molecule has 2 N–H and O–H groups in total. The highest BCUT2D eigenvalue weighted by Crippen LogP contribution is 2.62. The smallest absolute Gasteiger partial charge is 0.254 e. The minimum Gasteiger partial charge on any atom is -0.369 e. The second-order valence-electron chi connectivity index (χ2n) is 7.38. The van der Waals surface area contributed by atoms with Crippen LogP contribution in [0.2, 0.25) is 0 Å². The third-order valence-electron chi connectivity index (χ3n) is 5.47. The predicted octanol–water partition coefficient (Wildman–Crippen LogP) is 2.11. The van der Waals surface area contributed by atoms with Gasteiger partial charge in [-0.15, -0.1) is 0 Å². The number of halogens is 1. The Bertz CT molecular complexity index is 671. The van der Waals surface area contributed by atoms with Gasteiger partial charge >= 0.3 is 0 Å². The number of benzene rings is 1. The van der Waals surface area contributed by atoms with Crippen LogP contribution in [0.3, 0.4) is 0 Å². The number of hydrogen-bond donors (Lipinski definition) is 1. The molecule has 3 rings (SSSR count). The summed E-state index contributed by atoms with van der Waals surface area (Å²) in [6, 6.07) is 4.20. The van der Waals surface area contributed by atoms with Crippen molar-refractivity contribution >= 4 is 11.8 Å². The van der Waals surface area contributed by atoms with Crippen LogP contribution in [0.15, 0.2) is 18.2 Å². The molecule has 2 atom stereocenters. The van der Waals surface area contributed by atoms with Crippen molar-refractivity contribution in [1.29, 1.82) is 0 Å². The zero-order chi connectivity index (χ0) is 16.3. The van der Waals surface area contributed by atoms with Gasteiger partial charge in [0.25, 0.3) is 5.91 Å². The number of aryl methyl sites for hydroxylation is 1. The Morgan fingerprint density at radius 2 is 2.05 bits per heavy atom. The highest BCUT2D eigenvalue weighted by Gasteiger charge is 2.66. The van der Waals surface area contributed by atoms with Crippen LogP contribution < -0.4 is 5.73 Å². The van der Waals surface area contributed by atoms with E-state index in [0.717, 1.165) is 5.56 Å². The first kappa shape index (κ1) is 15.0. The van der Waals surface area contributed by atoms with E-state index in [2.05, 4.69) is 13.8 Å². The lowest BCUT2D eigenvalue weighted by Gasteiger charge is -2.54. The maximum atomic E-state index is 13.4. The summed E-state index contributed by atoms with van der Waals surface area (Å²) in [4.78, 5) is 26.3. The molecule has 5 heteroatoms. The molecule has 0 bridgehead atoms. The summed E-state index contributed by atoms with van der Waals surface area (Å²) in [5.41, 5.74) is 6.10. The summed E-state index contributed by atoms with van der Waals surface area (Å²) < 4.78 is 13.4. The Morgan fingerprint density at radius 1 is 1.36 bits per heavy atom. The number of amides is 2. The molecule has 1 saturated heterocycles. The van der Waals surface area contributed by atoms with Crippen LogP contribution in [-0.2, 0) is 4.79 Å². The largest absolute Gasteiger partial charge is 0.369 e. The van der Waals surface area contributed by atoms with Gasteiger partial charge in [0.15, 0.2) is 0 Å². The fourth-order valence-corrected chi connectivity index (χ4v) is 4.38. The summed E-state index contributed by atoms with van der Waals surface area (Å²) >= 11 is 0. The Hall–Kier alpha value is -1.91. The number of nitrogens with two attached hydrogens (primary N) is 1. The molecule has 0 aromatic heterocycles. The lowest BCUT2D eigenvalue weighted by Crippen LogP contribution is -2.59. The van der Waals surface area contributed by atoms with Crippen LogP contribution in [0.1, 0.15) is 36.2 Å². The van der Waals surface area contributed by atoms with Crippen molar-refractivity contribution in [2.75, 3.05) is 13.1 Å². The van der Waals surface area contributed by atoms with Gasteiger partial charge in [-0.3, -0.25) is 9.59 Å². The lowest BCUT2D eigenvalue weighted by molar-refractivity contribution is -0.148. The standard InChI is InChI=1S/C17H21FN2O2/c1-10-4-5-11(18)6-12(10)14(21)20-7-13-16(2,3)8-17(13,9-20)15(19)22/h4-6,13H,7-9H2,1-3H3,(H2,19,22)/t13-,17+/m1/s1. The van der Waals surface area contributed by atoms with Crippen LogP contribution in [-0.4, -0.2) is 29.8 Å². The highest BCUT2D eigenvalue weighted by molar-refractivity contribution is 5.97.